The van der Waals surface area contributed by atoms with Crippen LogP contribution in [0.25, 0.3) is 16.7 Å². The van der Waals surface area contributed by atoms with Crippen molar-refractivity contribution < 1.29 is 9.53 Å². The maximum absolute atomic E-state index is 12.9. The Kier molecular flexibility index (Phi) is 5.24. The minimum Gasteiger partial charge on any atom is -0.478 e. The van der Waals surface area contributed by atoms with Gasteiger partial charge in [0, 0.05) is 5.02 Å². The van der Waals surface area contributed by atoms with Crippen LogP contribution in [0, 0.1) is 6.92 Å². The molecule has 158 valence electrons. The molecule has 4 aromatic rings. The summed E-state index contributed by atoms with van der Waals surface area (Å²) < 4.78 is 8.37. The average Bonchev–Trinajstić information content (AvgIpc) is 3.17. The molecule has 0 saturated carbocycles. The number of hydrogen-bond donors (Lipinski definition) is 1. The quantitative estimate of drug-likeness (QED) is 0.516. The topological polar surface area (TPSA) is 91.0 Å². The Bertz CT molecular complexity index is 1310. The molecule has 0 fully saturated rings. The van der Waals surface area contributed by atoms with E-state index in [2.05, 4.69) is 15.5 Å². The smallest absolute Gasteiger partial charge is 0.283 e. The number of nitrogens with one attached hydrogen (secondary N) is 1. The Morgan fingerprint density at radius 2 is 1.77 bits per heavy atom. The highest BCUT2D eigenvalue weighted by Crippen LogP contribution is 2.21. The van der Waals surface area contributed by atoms with Crippen LogP contribution in [0.3, 0.4) is 0 Å². The van der Waals surface area contributed by atoms with Crippen molar-refractivity contribution in [2.75, 3.05) is 5.43 Å². The molecule has 0 aliphatic heterocycles. The molecule has 2 aromatic carbocycles. The van der Waals surface area contributed by atoms with Gasteiger partial charge in [0.2, 0.25) is 0 Å². The Balaban J connectivity index is 1.59. The summed E-state index contributed by atoms with van der Waals surface area (Å²) >= 11 is 5.88. The molecule has 0 atom stereocenters. The van der Waals surface area contributed by atoms with Crippen molar-refractivity contribution in [1.29, 1.82) is 0 Å². The number of aromatic nitrogens is 4. The minimum absolute atomic E-state index is 0.278. The van der Waals surface area contributed by atoms with E-state index >= 15 is 0 Å². The van der Waals surface area contributed by atoms with Crippen LogP contribution in [0.1, 0.15) is 19.4 Å². The molecule has 0 aliphatic rings. The van der Waals surface area contributed by atoms with E-state index in [1.54, 1.807) is 42.8 Å². The van der Waals surface area contributed by atoms with Crippen molar-refractivity contribution in [2.24, 2.45) is 0 Å². The van der Waals surface area contributed by atoms with Crippen LogP contribution in [-0.2, 0) is 4.79 Å². The van der Waals surface area contributed by atoms with Crippen LogP contribution in [-0.4, -0.2) is 30.9 Å². The van der Waals surface area contributed by atoms with E-state index in [4.69, 9.17) is 16.3 Å². The summed E-state index contributed by atoms with van der Waals surface area (Å²) in [4.78, 5) is 30.0. The summed E-state index contributed by atoms with van der Waals surface area (Å²) in [5.74, 6) is -0.0403. The molecule has 0 bridgehead atoms. The van der Waals surface area contributed by atoms with Crippen LogP contribution in [0.2, 0.25) is 5.02 Å². The predicted octanol–water partition coefficient (Wildman–Crippen LogP) is 3.47. The van der Waals surface area contributed by atoms with Crippen LogP contribution in [0.15, 0.2) is 65.8 Å². The lowest BCUT2D eigenvalue weighted by molar-refractivity contribution is -0.129. The van der Waals surface area contributed by atoms with Gasteiger partial charge in [-0.1, -0.05) is 29.3 Å². The zero-order valence-electron chi connectivity index (χ0n) is 17.2. The zero-order chi connectivity index (χ0) is 22.2. The number of hydrogen-bond acceptors (Lipinski definition) is 5. The van der Waals surface area contributed by atoms with Gasteiger partial charge in [0.15, 0.2) is 11.2 Å². The third-order valence-electron chi connectivity index (χ3n) is 4.72. The molecule has 0 aliphatic carbocycles. The molecule has 31 heavy (non-hydrogen) atoms. The lowest BCUT2D eigenvalue weighted by atomic mass is 10.1. The SMILES string of the molecule is Cc1ccc(-n2ncc3c(=O)n(NC(=O)C(C)(C)Oc4ccc(Cl)cc4)cnc32)cc1. The van der Waals surface area contributed by atoms with Gasteiger partial charge in [-0.3, -0.25) is 15.0 Å². The third-order valence-corrected chi connectivity index (χ3v) is 4.97. The monoisotopic (exact) mass is 437 g/mol. The van der Waals surface area contributed by atoms with Gasteiger partial charge in [-0.05, 0) is 57.2 Å². The highest BCUT2D eigenvalue weighted by atomic mass is 35.5. The Labute approximate surface area is 183 Å². The third kappa shape index (κ3) is 4.15. The summed E-state index contributed by atoms with van der Waals surface area (Å²) in [5.41, 5.74) is 3.14. The zero-order valence-corrected chi connectivity index (χ0v) is 17.9. The molecule has 2 heterocycles. The number of halogens is 1. The summed E-state index contributed by atoms with van der Waals surface area (Å²) in [6, 6.07) is 14.4. The molecule has 9 heteroatoms. The number of benzene rings is 2. The van der Waals surface area contributed by atoms with Crippen molar-refractivity contribution in [1.82, 2.24) is 19.4 Å². The maximum atomic E-state index is 12.9. The first-order chi connectivity index (χ1) is 14.7. The second-order valence-electron chi connectivity index (χ2n) is 7.56. The number of amides is 1. The molecular weight excluding hydrogens is 418 g/mol. The minimum atomic E-state index is -1.26. The molecule has 0 spiro atoms. The van der Waals surface area contributed by atoms with Crippen LogP contribution in [0.4, 0.5) is 0 Å². The number of nitrogens with zero attached hydrogens (tertiary/aromatic N) is 4. The highest BCUT2D eigenvalue weighted by molar-refractivity contribution is 6.30. The molecule has 2 aromatic heterocycles. The van der Waals surface area contributed by atoms with Gasteiger partial charge in [0.05, 0.1) is 11.9 Å². The van der Waals surface area contributed by atoms with Crippen LogP contribution in [0.5, 0.6) is 5.75 Å². The van der Waals surface area contributed by atoms with E-state index in [0.717, 1.165) is 15.9 Å². The van der Waals surface area contributed by atoms with E-state index in [0.29, 0.717) is 16.4 Å². The normalized spacial score (nSPS) is 11.5. The molecular formula is C22H20ClN5O3. The van der Waals surface area contributed by atoms with E-state index < -0.39 is 17.1 Å². The Hall–Kier alpha value is -3.65. The van der Waals surface area contributed by atoms with Crippen molar-refractivity contribution in [3.8, 4) is 11.4 Å². The van der Waals surface area contributed by atoms with Crippen molar-refractivity contribution >= 4 is 28.5 Å². The van der Waals surface area contributed by atoms with Gasteiger partial charge in [-0.15, -0.1) is 0 Å². The van der Waals surface area contributed by atoms with Crippen LogP contribution >= 0.6 is 11.6 Å². The van der Waals surface area contributed by atoms with Crippen molar-refractivity contribution in [2.45, 2.75) is 26.4 Å². The van der Waals surface area contributed by atoms with Crippen molar-refractivity contribution in [3.63, 3.8) is 0 Å². The molecule has 4 rings (SSSR count). The fourth-order valence-electron chi connectivity index (χ4n) is 2.95. The Morgan fingerprint density at radius 3 is 2.45 bits per heavy atom. The first-order valence-electron chi connectivity index (χ1n) is 9.53. The standard InChI is InChI=1S/C22H20ClN5O3/c1-14-4-8-16(9-5-14)28-19-18(12-25-28)20(29)27(13-24-19)26-21(30)22(2,3)31-17-10-6-15(23)7-11-17/h4-13H,1-3H3,(H,26,30). The van der Waals surface area contributed by atoms with E-state index in [9.17, 15) is 9.59 Å². The lowest BCUT2D eigenvalue weighted by Crippen LogP contribution is -2.47. The maximum Gasteiger partial charge on any atom is 0.283 e. The van der Waals surface area contributed by atoms with Crippen LogP contribution < -0.4 is 15.7 Å². The molecule has 1 N–H and O–H groups in total. The number of aryl methyl sites for hydroxylation is 1. The van der Waals surface area contributed by atoms with Gasteiger partial charge in [-0.25, -0.2) is 14.3 Å². The lowest BCUT2D eigenvalue weighted by Gasteiger charge is -2.25. The van der Waals surface area contributed by atoms with Gasteiger partial charge in [0.25, 0.3) is 11.5 Å². The fourth-order valence-corrected chi connectivity index (χ4v) is 3.08. The summed E-state index contributed by atoms with van der Waals surface area (Å²) in [7, 11) is 0. The predicted molar refractivity (Wildman–Crippen MR) is 118 cm³/mol. The molecule has 0 saturated heterocycles. The molecule has 1 amide bonds. The summed E-state index contributed by atoms with van der Waals surface area (Å²) in [6.07, 6.45) is 2.69. The van der Waals surface area contributed by atoms with E-state index in [1.165, 1.54) is 12.5 Å². The highest BCUT2D eigenvalue weighted by Gasteiger charge is 2.31. The number of carbonyl (C=O) groups is 1. The van der Waals surface area contributed by atoms with Gasteiger partial charge >= 0.3 is 0 Å². The van der Waals surface area contributed by atoms with Crippen molar-refractivity contribution in [3.05, 3.63) is 82.0 Å². The second kappa shape index (κ2) is 7.88. The van der Waals surface area contributed by atoms with E-state index in [-0.39, 0.29) is 5.39 Å². The largest absolute Gasteiger partial charge is 0.478 e. The Morgan fingerprint density at radius 1 is 1.10 bits per heavy atom. The average molecular weight is 438 g/mol. The summed E-state index contributed by atoms with van der Waals surface area (Å²) in [5, 5.41) is 5.12. The number of fused-ring (bicyclic) bond motifs is 1. The van der Waals surface area contributed by atoms with E-state index in [1.807, 2.05) is 31.2 Å². The fraction of sp³-hybridized carbons (Fsp3) is 0.182. The van der Waals surface area contributed by atoms with Gasteiger partial charge in [-0.2, -0.15) is 5.10 Å². The molecule has 0 unspecified atom stereocenters. The first-order valence-corrected chi connectivity index (χ1v) is 9.91. The molecule has 0 radical (unpaired) electrons. The first kappa shape index (κ1) is 20.6. The van der Waals surface area contributed by atoms with Gasteiger partial charge in [0.1, 0.15) is 17.5 Å². The van der Waals surface area contributed by atoms with Gasteiger partial charge < -0.3 is 4.74 Å². The summed E-state index contributed by atoms with van der Waals surface area (Å²) in [6.45, 7) is 5.19. The number of carbonyl (C=O) groups excluding carboxylic acids is 1. The number of ether oxygens (including phenoxy) is 1. The number of rotatable bonds is 5. The molecule has 8 nitrogen and oxygen atoms in total. The second-order valence-corrected chi connectivity index (χ2v) is 7.99.